The molecule has 14 heavy (non-hydrogen) atoms. The summed E-state index contributed by atoms with van der Waals surface area (Å²) in [6.45, 7) is 4.70. The van der Waals surface area contributed by atoms with Gasteiger partial charge >= 0.3 is 0 Å². The highest BCUT2D eigenvalue weighted by Crippen LogP contribution is 2.11. The highest BCUT2D eigenvalue weighted by Gasteiger charge is 2.11. The minimum Gasteiger partial charge on any atom is -0.353 e. The van der Waals surface area contributed by atoms with E-state index in [0.717, 1.165) is 0 Å². The van der Waals surface area contributed by atoms with Gasteiger partial charge in [-0.05, 0) is 5.92 Å². The summed E-state index contributed by atoms with van der Waals surface area (Å²) in [7, 11) is 0. The molecule has 1 atom stereocenters. The third kappa shape index (κ3) is 2.74. The molecule has 1 aromatic rings. The van der Waals surface area contributed by atoms with Gasteiger partial charge in [-0.15, -0.1) is 0 Å². The van der Waals surface area contributed by atoms with E-state index in [1.54, 1.807) is 12.4 Å². The normalized spacial score (nSPS) is 12.4. The predicted octanol–water partition coefficient (Wildman–Crippen LogP) is 1.64. The second-order valence-corrected chi connectivity index (χ2v) is 3.71. The van der Waals surface area contributed by atoms with Crippen LogP contribution in [0.3, 0.4) is 0 Å². The van der Waals surface area contributed by atoms with Crippen LogP contribution >= 0.6 is 0 Å². The fourth-order valence-corrected chi connectivity index (χ4v) is 1.19. The molecule has 0 aliphatic carbocycles. The van der Waals surface area contributed by atoms with Crippen LogP contribution in [-0.4, -0.2) is 4.57 Å². The summed E-state index contributed by atoms with van der Waals surface area (Å²) in [5, 5.41) is 8.89. The zero-order chi connectivity index (χ0) is 10.6. The molecule has 0 N–H and O–H groups in total. The van der Waals surface area contributed by atoms with Gasteiger partial charge in [-0.1, -0.05) is 13.8 Å². The lowest BCUT2D eigenvalue weighted by Crippen LogP contribution is -2.15. The van der Waals surface area contributed by atoms with Gasteiger partial charge in [0.15, 0.2) is 5.43 Å². The lowest BCUT2D eigenvalue weighted by Gasteiger charge is -2.14. The Labute approximate surface area is 83.6 Å². The van der Waals surface area contributed by atoms with Gasteiger partial charge in [0.1, 0.15) is 0 Å². The highest BCUT2D eigenvalue weighted by atomic mass is 16.1. The van der Waals surface area contributed by atoms with E-state index < -0.39 is 0 Å². The molecule has 0 saturated carbocycles. The molecule has 1 heterocycles. The first-order chi connectivity index (χ1) is 6.63. The van der Waals surface area contributed by atoms with Gasteiger partial charge in [-0.3, -0.25) is 4.79 Å². The SMILES string of the molecule is CC(C)C(C#N)Cn1ccc(=O)cc1. The van der Waals surface area contributed by atoms with Crippen LogP contribution in [-0.2, 0) is 6.54 Å². The molecule has 1 aromatic heterocycles. The molecule has 3 heteroatoms. The largest absolute Gasteiger partial charge is 0.353 e. The number of pyridine rings is 1. The molecule has 0 aliphatic heterocycles. The van der Waals surface area contributed by atoms with E-state index in [2.05, 4.69) is 6.07 Å². The molecule has 0 radical (unpaired) electrons. The molecule has 0 spiro atoms. The first kappa shape index (κ1) is 10.5. The Morgan fingerprint density at radius 1 is 1.43 bits per heavy atom. The van der Waals surface area contributed by atoms with Gasteiger partial charge in [0.25, 0.3) is 0 Å². The average Bonchev–Trinajstić information content (AvgIpc) is 2.16. The Hall–Kier alpha value is -1.56. The maximum atomic E-state index is 10.8. The second-order valence-electron chi connectivity index (χ2n) is 3.71. The number of hydrogen-bond donors (Lipinski definition) is 0. The van der Waals surface area contributed by atoms with Gasteiger partial charge in [-0.25, -0.2) is 0 Å². The molecule has 0 saturated heterocycles. The van der Waals surface area contributed by atoms with E-state index >= 15 is 0 Å². The summed E-state index contributed by atoms with van der Waals surface area (Å²) < 4.78 is 1.87. The fourth-order valence-electron chi connectivity index (χ4n) is 1.19. The van der Waals surface area contributed by atoms with Crippen LogP contribution < -0.4 is 5.43 Å². The Bertz CT molecular complexity index is 367. The smallest absolute Gasteiger partial charge is 0.181 e. The van der Waals surface area contributed by atoms with E-state index in [4.69, 9.17) is 5.26 Å². The number of hydrogen-bond acceptors (Lipinski definition) is 2. The molecule has 0 fully saturated rings. The Morgan fingerprint density at radius 3 is 2.43 bits per heavy atom. The van der Waals surface area contributed by atoms with Crippen LogP contribution in [0.2, 0.25) is 0 Å². The molecule has 3 nitrogen and oxygen atoms in total. The van der Waals surface area contributed by atoms with Gasteiger partial charge in [0, 0.05) is 31.1 Å². The zero-order valence-electron chi connectivity index (χ0n) is 8.47. The molecule has 0 aliphatic rings. The van der Waals surface area contributed by atoms with Gasteiger partial charge in [0.2, 0.25) is 0 Å². The first-order valence-electron chi connectivity index (χ1n) is 4.69. The molecule has 74 valence electrons. The third-order valence-corrected chi connectivity index (χ3v) is 2.24. The summed E-state index contributed by atoms with van der Waals surface area (Å²) in [5.74, 6) is 0.330. The topological polar surface area (TPSA) is 45.8 Å². The first-order valence-corrected chi connectivity index (χ1v) is 4.69. The number of nitriles is 1. The van der Waals surface area contributed by atoms with E-state index in [1.807, 2.05) is 18.4 Å². The van der Waals surface area contributed by atoms with E-state index in [0.29, 0.717) is 12.5 Å². The minimum absolute atomic E-state index is 0.000644. The maximum Gasteiger partial charge on any atom is 0.181 e. The molecule has 0 aromatic carbocycles. The Balaban J connectivity index is 2.73. The lowest BCUT2D eigenvalue weighted by molar-refractivity contribution is 0.414. The summed E-state index contributed by atoms with van der Waals surface area (Å²) in [4.78, 5) is 10.8. The van der Waals surface area contributed by atoms with Crippen molar-refractivity contribution in [3.8, 4) is 6.07 Å². The molecule has 1 unspecified atom stereocenters. The number of aromatic nitrogens is 1. The van der Waals surface area contributed by atoms with Gasteiger partial charge < -0.3 is 4.57 Å². The van der Waals surface area contributed by atoms with Crippen LogP contribution in [0.5, 0.6) is 0 Å². The van der Waals surface area contributed by atoms with Gasteiger partial charge in [0.05, 0.1) is 12.0 Å². The van der Waals surface area contributed by atoms with E-state index in [9.17, 15) is 4.79 Å². The van der Waals surface area contributed by atoms with Crippen molar-refractivity contribution in [1.29, 1.82) is 5.26 Å². The van der Waals surface area contributed by atoms with Crippen LogP contribution in [0.15, 0.2) is 29.3 Å². The fraction of sp³-hybridized carbons (Fsp3) is 0.455. The quantitative estimate of drug-likeness (QED) is 0.727. The standard InChI is InChI=1S/C11H14N2O/c1-9(2)10(7-12)8-13-5-3-11(14)4-6-13/h3-6,9-10H,8H2,1-2H3. The molecule has 0 amide bonds. The van der Waals surface area contributed by atoms with Crippen molar-refractivity contribution in [3.05, 3.63) is 34.7 Å². The van der Waals surface area contributed by atoms with Crippen molar-refractivity contribution in [2.24, 2.45) is 11.8 Å². The minimum atomic E-state index is -0.00231. The number of rotatable bonds is 3. The predicted molar refractivity (Wildman–Crippen MR) is 54.6 cm³/mol. The third-order valence-electron chi connectivity index (χ3n) is 2.24. The van der Waals surface area contributed by atoms with Crippen molar-refractivity contribution in [1.82, 2.24) is 4.57 Å². The average molecular weight is 190 g/mol. The van der Waals surface area contributed by atoms with Crippen molar-refractivity contribution in [3.63, 3.8) is 0 Å². The van der Waals surface area contributed by atoms with Gasteiger partial charge in [-0.2, -0.15) is 5.26 Å². The van der Waals surface area contributed by atoms with Crippen molar-refractivity contribution < 1.29 is 0 Å². The Morgan fingerprint density at radius 2 is 2.00 bits per heavy atom. The Kier molecular flexibility index (Phi) is 3.47. The second kappa shape index (κ2) is 4.61. The highest BCUT2D eigenvalue weighted by molar-refractivity contribution is 4.95. The van der Waals surface area contributed by atoms with Crippen molar-refractivity contribution in [2.45, 2.75) is 20.4 Å². The monoisotopic (exact) mass is 190 g/mol. The summed E-state index contributed by atoms with van der Waals surface area (Å²) in [5.41, 5.74) is -0.000644. The van der Waals surface area contributed by atoms with E-state index in [1.165, 1.54) is 12.1 Å². The summed E-state index contributed by atoms with van der Waals surface area (Å²) >= 11 is 0. The summed E-state index contributed by atoms with van der Waals surface area (Å²) in [6.07, 6.45) is 3.43. The van der Waals surface area contributed by atoms with Crippen LogP contribution in [0, 0.1) is 23.2 Å². The van der Waals surface area contributed by atoms with Crippen LogP contribution in [0.4, 0.5) is 0 Å². The van der Waals surface area contributed by atoms with Crippen LogP contribution in [0.25, 0.3) is 0 Å². The lowest BCUT2D eigenvalue weighted by atomic mass is 9.97. The summed E-state index contributed by atoms with van der Waals surface area (Å²) in [6, 6.07) is 5.28. The molecule has 1 rings (SSSR count). The maximum absolute atomic E-state index is 10.8. The molecular formula is C11H14N2O. The number of nitrogens with zero attached hydrogens (tertiary/aromatic N) is 2. The van der Waals surface area contributed by atoms with Crippen molar-refractivity contribution in [2.75, 3.05) is 0 Å². The van der Waals surface area contributed by atoms with Crippen LogP contribution in [0.1, 0.15) is 13.8 Å². The van der Waals surface area contributed by atoms with E-state index in [-0.39, 0.29) is 11.3 Å². The van der Waals surface area contributed by atoms with Crippen molar-refractivity contribution >= 4 is 0 Å². The zero-order valence-corrected chi connectivity index (χ0v) is 8.47. The molecular weight excluding hydrogens is 176 g/mol. The molecule has 0 bridgehead atoms.